The van der Waals surface area contributed by atoms with Crippen LogP contribution in [0.25, 0.3) is 10.2 Å². The molecule has 1 aliphatic rings. The number of aromatic nitrogens is 1. The Morgan fingerprint density at radius 1 is 1.00 bits per heavy atom. The Labute approximate surface area is 145 Å². The molecule has 0 spiro atoms. The van der Waals surface area contributed by atoms with Crippen LogP contribution in [-0.4, -0.2) is 42.6 Å². The Morgan fingerprint density at radius 2 is 1.75 bits per heavy atom. The summed E-state index contributed by atoms with van der Waals surface area (Å²) in [6.45, 7) is 4.90. The average molecular weight is 340 g/mol. The lowest BCUT2D eigenvalue weighted by Crippen LogP contribution is -2.46. The first-order valence-corrected chi connectivity index (χ1v) is 9.01. The molecule has 0 atom stereocenters. The number of halogens is 1. The number of benzene rings is 2. The molecule has 1 fully saturated rings. The molecule has 2 heterocycles. The van der Waals surface area contributed by atoms with Crippen LogP contribution < -0.4 is 4.90 Å². The van der Waals surface area contributed by atoms with Gasteiger partial charge in [-0.25, -0.2) is 9.37 Å². The molecular weight excluding hydrogens is 321 g/mol. The van der Waals surface area contributed by atoms with Crippen molar-refractivity contribution in [1.29, 1.82) is 0 Å². The molecule has 123 valence electrons. The molecule has 0 aliphatic carbocycles. The molecule has 1 saturated heterocycles. The molecule has 1 aromatic heterocycles. The van der Waals surface area contributed by atoms with E-state index >= 15 is 0 Å². The van der Waals surface area contributed by atoms with Crippen molar-refractivity contribution in [2.75, 3.05) is 37.6 Å². The van der Waals surface area contributed by atoms with E-state index in [0.29, 0.717) is 0 Å². The maximum Gasteiger partial charge on any atom is 0.123 e. The van der Waals surface area contributed by atoms with E-state index in [1.165, 1.54) is 16.8 Å². The van der Waals surface area contributed by atoms with Crippen molar-refractivity contribution in [3.63, 3.8) is 0 Å². The normalized spacial score (nSPS) is 16.0. The van der Waals surface area contributed by atoms with Crippen LogP contribution in [0.1, 0.15) is 5.01 Å². The van der Waals surface area contributed by atoms with Gasteiger partial charge in [0.2, 0.25) is 0 Å². The monoisotopic (exact) mass is 340 g/mol. The maximum atomic E-state index is 13.0. The first kappa shape index (κ1) is 15.5. The highest BCUT2D eigenvalue weighted by Gasteiger charge is 2.17. The van der Waals surface area contributed by atoms with Gasteiger partial charge in [-0.3, -0.25) is 4.90 Å². The molecule has 3 nitrogen and oxygen atoms in total. The Morgan fingerprint density at radius 3 is 2.50 bits per heavy atom. The molecular formula is C19H19FN3S. The summed E-state index contributed by atoms with van der Waals surface area (Å²) in [7, 11) is 0. The van der Waals surface area contributed by atoms with Crippen molar-refractivity contribution in [2.45, 2.75) is 0 Å². The van der Waals surface area contributed by atoms with E-state index < -0.39 is 0 Å². The van der Waals surface area contributed by atoms with Gasteiger partial charge in [-0.15, -0.1) is 11.3 Å². The zero-order valence-electron chi connectivity index (χ0n) is 13.4. The highest BCUT2D eigenvalue weighted by molar-refractivity contribution is 7.18. The second kappa shape index (κ2) is 6.87. The van der Waals surface area contributed by atoms with Gasteiger partial charge in [-0.1, -0.05) is 12.1 Å². The van der Waals surface area contributed by atoms with Gasteiger partial charge in [0.1, 0.15) is 5.82 Å². The Kier molecular flexibility index (Phi) is 4.45. The van der Waals surface area contributed by atoms with Gasteiger partial charge in [-0.05, 0) is 36.4 Å². The van der Waals surface area contributed by atoms with Gasteiger partial charge in [0.25, 0.3) is 0 Å². The third-order valence-corrected chi connectivity index (χ3v) is 5.43. The second-order valence-electron chi connectivity index (χ2n) is 5.99. The quantitative estimate of drug-likeness (QED) is 0.720. The number of nitrogens with zero attached hydrogens (tertiary/aromatic N) is 3. The standard InChI is InChI=1S/C19H19FN3S/c20-15-5-7-16(8-6-15)23-13-11-22(12-14-23)10-9-19-21-17-3-1-2-4-18(17)24-19/h1-9H,10-14H2. The summed E-state index contributed by atoms with van der Waals surface area (Å²) < 4.78 is 14.3. The van der Waals surface area contributed by atoms with Crippen molar-refractivity contribution in [3.05, 3.63) is 65.8 Å². The summed E-state index contributed by atoms with van der Waals surface area (Å²) in [6.07, 6.45) is 2.22. The van der Waals surface area contributed by atoms with Gasteiger partial charge in [0, 0.05) is 44.8 Å². The smallest absolute Gasteiger partial charge is 0.123 e. The maximum absolute atomic E-state index is 13.0. The van der Waals surface area contributed by atoms with Crippen LogP contribution in [-0.2, 0) is 0 Å². The number of hydrogen-bond donors (Lipinski definition) is 0. The lowest BCUT2D eigenvalue weighted by molar-refractivity contribution is 0.278. The molecule has 1 aliphatic heterocycles. The molecule has 5 heteroatoms. The number of thiazole rings is 1. The van der Waals surface area contributed by atoms with Crippen molar-refractivity contribution in [2.24, 2.45) is 0 Å². The molecule has 0 saturated carbocycles. The summed E-state index contributed by atoms with van der Waals surface area (Å²) in [5.41, 5.74) is 2.18. The zero-order valence-corrected chi connectivity index (χ0v) is 14.2. The van der Waals surface area contributed by atoms with E-state index in [2.05, 4.69) is 39.4 Å². The van der Waals surface area contributed by atoms with Crippen LogP contribution in [0.15, 0.2) is 48.5 Å². The summed E-state index contributed by atoms with van der Waals surface area (Å²) in [5.74, 6) is -0.178. The second-order valence-corrected chi connectivity index (χ2v) is 7.05. The minimum Gasteiger partial charge on any atom is -0.369 e. The molecule has 3 aromatic rings. The molecule has 0 N–H and O–H groups in total. The molecule has 0 amide bonds. The molecule has 4 rings (SSSR count). The minimum atomic E-state index is -0.178. The summed E-state index contributed by atoms with van der Waals surface area (Å²) >= 11 is 1.75. The summed E-state index contributed by atoms with van der Waals surface area (Å²) in [5, 5.41) is 1.09. The Bertz CT molecular complexity index is 774. The number of fused-ring (bicyclic) bond motifs is 1. The van der Waals surface area contributed by atoms with Gasteiger partial charge in [-0.2, -0.15) is 0 Å². The van der Waals surface area contributed by atoms with E-state index in [1.807, 2.05) is 18.2 Å². The predicted molar refractivity (Wildman–Crippen MR) is 98.1 cm³/mol. The van der Waals surface area contributed by atoms with Crippen LogP contribution in [0, 0.1) is 12.2 Å². The third-order valence-electron chi connectivity index (χ3n) is 4.40. The van der Waals surface area contributed by atoms with Crippen molar-refractivity contribution < 1.29 is 4.39 Å². The fourth-order valence-corrected chi connectivity index (χ4v) is 3.92. The largest absolute Gasteiger partial charge is 0.369 e. The molecule has 0 bridgehead atoms. The topological polar surface area (TPSA) is 19.4 Å². The van der Waals surface area contributed by atoms with Crippen molar-refractivity contribution in [1.82, 2.24) is 9.88 Å². The van der Waals surface area contributed by atoms with E-state index in [9.17, 15) is 4.39 Å². The fourth-order valence-electron chi connectivity index (χ4n) is 3.03. The number of anilines is 1. The number of rotatable bonds is 4. The van der Waals surface area contributed by atoms with Crippen molar-refractivity contribution >= 4 is 27.2 Å². The highest BCUT2D eigenvalue weighted by Crippen LogP contribution is 2.23. The van der Waals surface area contributed by atoms with Gasteiger partial charge < -0.3 is 4.90 Å². The Balaban J connectivity index is 1.30. The third kappa shape index (κ3) is 3.42. The van der Waals surface area contributed by atoms with E-state index in [-0.39, 0.29) is 5.82 Å². The predicted octanol–water partition coefficient (Wildman–Crippen LogP) is 3.81. The van der Waals surface area contributed by atoms with Gasteiger partial charge in [0.15, 0.2) is 0 Å². The Hall–Kier alpha value is -1.98. The first-order valence-electron chi connectivity index (χ1n) is 8.19. The average Bonchev–Trinajstić information content (AvgIpc) is 3.04. The molecule has 1 radical (unpaired) electrons. The molecule has 24 heavy (non-hydrogen) atoms. The lowest BCUT2D eigenvalue weighted by Gasteiger charge is -2.36. The summed E-state index contributed by atoms with van der Waals surface area (Å²) in [6, 6.07) is 15.0. The number of hydrogen-bond acceptors (Lipinski definition) is 4. The minimum absolute atomic E-state index is 0.178. The van der Waals surface area contributed by atoms with Gasteiger partial charge in [0.05, 0.1) is 15.2 Å². The van der Waals surface area contributed by atoms with Crippen LogP contribution in [0.5, 0.6) is 0 Å². The first-order chi connectivity index (χ1) is 11.8. The van der Waals surface area contributed by atoms with Crippen LogP contribution in [0.3, 0.4) is 0 Å². The number of para-hydroxylation sites is 1. The molecule has 0 unspecified atom stereocenters. The molecule has 2 aromatic carbocycles. The van der Waals surface area contributed by atoms with Crippen LogP contribution in [0.2, 0.25) is 0 Å². The van der Waals surface area contributed by atoms with Crippen LogP contribution in [0.4, 0.5) is 10.1 Å². The fraction of sp³-hybridized carbons (Fsp3) is 0.263. The van der Waals surface area contributed by atoms with Gasteiger partial charge >= 0.3 is 0 Å². The highest BCUT2D eigenvalue weighted by atomic mass is 32.1. The summed E-state index contributed by atoms with van der Waals surface area (Å²) in [4.78, 5) is 9.41. The van der Waals surface area contributed by atoms with E-state index in [4.69, 9.17) is 0 Å². The van der Waals surface area contributed by atoms with E-state index in [1.54, 1.807) is 11.3 Å². The SMILES string of the molecule is Fc1ccc(N2CCN(C[CH]c3nc4ccccc4s3)CC2)cc1. The van der Waals surface area contributed by atoms with E-state index in [0.717, 1.165) is 48.9 Å². The number of piperazine rings is 1. The zero-order chi connectivity index (χ0) is 16.4. The lowest BCUT2D eigenvalue weighted by atomic mass is 10.2. The van der Waals surface area contributed by atoms with Crippen molar-refractivity contribution in [3.8, 4) is 0 Å². The van der Waals surface area contributed by atoms with Crippen LogP contribution >= 0.6 is 11.3 Å².